The Bertz CT molecular complexity index is 751. The fourth-order valence-electron chi connectivity index (χ4n) is 2.88. The van der Waals surface area contributed by atoms with Crippen LogP contribution in [0, 0.1) is 19.7 Å². The van der Waals surface area contributed by atoms with Gasteiger partial charge in [0.05, 0.1) is 5.69 Å². The van der Waals surface area contributed by atoms with Gasteiger partial charge in [-0.1, -0.05) is 12.1 Å². The molecule has 0 aliphatic heterocycles. The lowest BCUT2D eigenvalue weighted by molar-refractivity contribution is 0.472. The van der Waals surface area contributed by atoms with Gasteiger partial charge in [0, 0.05) is 18.5 Å². The molecule has 0 bridgehead atoms. The second-order valence-electron chi connectivity index (χ2n) is 6.59. The molecule has 142 valence electrons. The first-order valence-electron chi connectivity index (χ1n) is 8.73. The number of guanidine groups is 1. The fourth-order valence-corrected chi connectivity index (χ4v) is 2.88. The number of nitrogens with one attached hydrogen (secondary N) is 2. The van der Waals surface area contributed by atoms with E-state index >= 15 is 0 Å². The first-order chi connectivity index (χ1) is 12.0. The van der Waals surface area contributed by atoms with Crippen molar-refractivity contribution in [2.45, 2.75) is 45.6 Å². The molecule has 1 fully saturated rings. The van der Waals surface area contributed by atoms with Crippen LogP contribution in [-0.2, 0) is 12.0 Å². The predicted molar refractivity (Wildman–Crippen MR) is 112 cm³/mol. The third-order valence-electron chi connectivity index (χ3n) is 4.67. The highest BCUT2D eigenvalue weighted by Crippen LogP contribution is 2.47. The number of benzene rings is 1. The maximum Gasteiger partial charge on any atom is 0.216 e. The lowest BCUT2D eigenvalue weighted by atomic mass is 9.96. The summed E-state index contributed by atoms with van der Waals surface area (Å²) in [6, 6.07) is 6.90. The summed E-state index contributed by atoms with van der Waals surface area (Å²) in [4.78, 5) is 8.89. The van der Waals surface area contributed by atoms with Crippen molar-refractivity contribution in [2.75, 3.05) is 13.1 Å². The number of rotatable bonds is 6. The summed E-state index contributed by atoms with van der Waals surface area (Å²) in [7, 11) is 0. The van der Waals surface area contributed by atoms with Crippen molar-refractivity contribution in [1.29, 1.82) is 0 Å². The molecule has 0 radical (unpaired) electrons. The van der Waals surface area contributed by atoms with Gasteiger partial charge >= 0.3 is 0 Å². The van der Waals surface area contributed by atoms with Crippen LogP contribution in [0.15, 0.2) is 33.7 Å². The summed E-state index contributed by atoms with van der Waals surface area (Å²) in [5, 5.41) is 6.61. The number of hydrogen-bond acceptors (Lipinski definition) is 3. The van der Waals surface area contributed by atoms with Gasteiger partial charge in [0.2, 0.25) is 5.89 Å². The van der Waals surface area contributed by atoms with Crippen LogP contribution < -0.4 is 10.6 Å². The van der Waals surface area contributed by atoms with E-state index in [1.54, 1.807) is 12.1 Å². The Kier molecular flexibility index (Phi) is 7.02. The Morgan fingerprint density at radius 3 is 2.65 bits per heavy atom. The third kappa shape index (κ3) is 4.96. The molecule has 2 aromatic rings. The lowest BCUT2D eigenvalue weighted by Gasteiger charge is -2.19. The molecule has 1 saturated carbocycles. The van der Waals surface area contributed by atoms with Crippen LogP contribution in [0.5, 0.6) is 0 Å². The van der Waals surface area contributed by atoms with Crippen molar-refractivity contribution < 1.29 is 8.81 Å². The maximum atomic E-state index is 13.5. The highest BCUT2D eigenvalue weighted by molar-refractivity contribution is 14.0. The van der Waals surface area contributed by atoms with Gasteiger partial charge in [-0.15, -0.1) is 24.0 Å². The molecular formula is C19H26FIN4O. The number of nitrogens with zero attached hydrogens (tertiary/aromatic N) is 2. The topological polar surface area (TPSA) is 62.5 Å². The van der Waals surface area contributed by atoms with E-state index < -0.39 is 0 Å². The summed E-state index contributed by atoms with van der Waals surface area (Å²) < 4.78 is 19.1. The third-order valence-corrected chi connectivity index (χ3v) is 4.67. The minimum Gasteiger partial charge on any atom is -0.444 e. The van der Waals surface area contributed by atoms with E-state index in [1.165, 1.54) is 6.07 Å². The Morgan fingerprint density at radius 1 is 1.31 bits per heavy atom. The van der Waals surface area contributed by atoms with Crippen molar-refractivity contribution >= 4 is 29.9 Å². The molecule has 26 heavy (non-hydrogen) atoms. The van der Waals surface area contributed by atoms with E-state index in [4.69, 9.17) is 4.42 Å². The zero-order valence-corrected chi connectivity index (χ0v) is 17.8. The minimum atomic E-state index is -0.181. The van der Waals surface area contributed by atoms with E-state index in [1.807, 2.05) is 26.8 Å². The van der Waals surface area contributed by atoms with Crippen molar-refractivity contribution in [2.24, 2.45) is 4.99 Å². The normalized spacial score (nSPS) is 15.3. The Labute approximate surface area is 170 Å². The second kappa shape index (κ2) is 8.83. The van der Waals surface area contributed by atoms with Crippen molar-refractivity contribution in [3.63, 3.8) is 0 Å². The van der Waals surface area contributed by atoms with E-state index in [0.29, 0.717) is 12.4 Å². The van der Waals surface area contributed by atoms with Gasteiger partial charge in [0.15, 0.2) is 5.96 Å². The SMILES string of the molecule is CCNC(=NCc1nc(C)c(C)o1)NCC1(c2cccc(F)c2)CC1.I. The molecule has 2 N–H and O–H groups in total. The van der Waals surface area contributed by atoms with E-state index in [9.17, 15) is 4.39 Å². The molecule has 0 atom stereocenters. The molecule has 3 rings (SSSR count). The second-order valence-corrected chi connectivity index (χ2v) is 6.59. The van der Waals surface area contributed by atoms with E-state index in [2.05, 4.69) is 20.6 Å². The highest BCUT2D eigenvalue weighted by atomic mass is 127. The Morgan fingerprint density at radius 2 is 2.08 bits per heavy atom. The van der Waals surface area contributed by atoms with Gasteiger partial charge in [-0.05, 0) is 51.3 Å². The molecule has 0 spiro atoms. The number of hydrogen-bond donors (Lipinski definition) is 2. The molecule has 1 aliphatic carbocycles. The zero-order valence-electron chi connectivity index (χ0n) is 15.4. The fraction of sp³-hybridized carbons (Fsp3) is 0.474. The maximum absolute atomic E-state index is 13.5. The number of aryl methyl sites for hydroxylation is 2. The van der Waals surface area contributed by atoms with Gasteiger partial charge in [0.1, 0.15) is 18.1 Å². The molecule has 1 aromatic heterocycles. The standard InChI is InChI=1S/C19H25FN4O.HI/c1-4-21-18(22-11-17-24-13(2)14(3)25-17)23-12-19(8-9-19)15-6-5-7-16(20)10-15;/h5-7,10H,4,8-9,11-12H2,1-3H3,(H2,21,22,23);1H. The van der Waals surface area contributed by atoms with Crippen LogP contribution in [0.2, 0.25) is 0 Å². The first-order valence-corrected chi connectivity index (χ1v) is 8.73. The summed E-state index contributed by atoms with van der Waals surface area (Å²) in [6.45, 7) is 7.72. The van der Waals surface area contributed by atoms with Crippen molar-refractivity contribution in [1.82, 2.24) is 15.6 Å². The predicted octanol–water partition coefficient (Wildman–Crippen LogP) is 3.84. The van der Waals surface area contributed by atoms with E-state index in [0.717, 1.165) is 48.9 Å². The van der Waals surface area contributed by atoms with E-state index in [-0.39, 0.29) is 35.2 Å². The van der Waals surface area contributed by atoms with Crippen molar-refractivity contribution in [3.8, 4) is 0 Å². The minimum absolute atomic E-state index is 0. The number of halogens is 2. The first kappa shape index (κ1) is 20.7. The molecular weight excluding hydrogens is 446 g/mol. The van der Waals surface area contributed by atoms with Crippen LogP contribution in [0.3, 0.4) is 0 Å². The highest BCUT2D eigenvalue weighted by Gasteiger charge is 2.44. The quantitative estimate of drug-likeness (QED) is 0.381. The van der Waals surface area contributed by atoms with Gasteiger partial charge < -0.3 is 15.1 Å². The smallest absolute Gasteiger partial charge is 0.216 e. The average molecular weight is 472 g/mol. The number of aliphatic imine (C=N–C) groups is 1. The summed E-state index contributed by atoms with van der Waals surface area (Å²) >= 11 is 0. The van der Waals surface area contributed by atoms with Gasteiger partial charge in [-0.2, -0.15) is 0 Å². The zero-order chi connectivity index (χ0) is 17.9. The molecule has 0 unspecified atom stereocenters. The summed E-state index contributed by atoms with van der Waals surface area (Å²) in [5.41, 5.74) is 1.95. The average Bonchev–Trinajstić information content (AvgIpc) is 3.31. The molecule has 7 heteroatoms. The Balaban J connectivity index is 0.00000243. The molecule has 1 aliphatic rings. The number of oxazole rings is 1. The number of aromatic nitrogens is 1. The van der Waals surface area contributed by atoms with Gasteiger partial charge in [-0.25, -0.2) is 14.4 Å². The Hall–Kier alpha value is -1.64. The van der Waals surface area contributed by atoms with Crippen LogP contribution in [0.1, 0.15) is 42.7 Å². The lowest BCUT2D eigenvalue weighted by Crippen LogP contribution is -2.41. The van der Waals surface area contributed by atoms with Crippen molar-refractivity contribution in [3.05, 3.63) is 53.0 Å². The van der Waals surface area contributed by atoms with Crippen LogP contribution in [-0.4, -0.2) is 24.0 Å². The summed E-state index contributed by atoms with van der Waals surface area (Å²) in [5.74, 6) is 1.97. The molecule has 0 amide bonds. The monoisotopic (exact) mass is 472 g/mol. The van der Waals surface area contributed by atoms with Gasteiger partial charge in [0.25, 0.3) is 0 Å². The van der Waals surface area contributed by atoms with Gasteiger partial charge in [-0.3, -0.25) is 0 Å². The molecule has 5 nitrogen and oxygen atoms in total. The largest absolute Gasteiger partial charge is 0.444 e. The summed E-state index contributed by atoms with van der Waals surface area (Å²) in [6.07, 6.45) is 2.11. The molecule has 1 aromatic carbocycles. The molecule has 1 heterocycles. The molecule has 0 saturated heterocycles. The van der Waals surface area contributed by atoms with Crippen LogP contribution in [0.25, 0.3) is 0 Å². The van der Waals surface area contributed by atoms with Crippen LogP contribution in [0.4, 0.5) is 4.39 Å². The van der Waals surface area contributed by atoms with Crippen LogP contribution >= 0.6 is 24.0 Å².